The zero-order valence-electron chi connectivity index (χ0n) is 13.1. The molecule has 0 spiro atoms. The van der Waals surface area contributed by atoms with Crippen LogP contribution in [0.25, 0.3) is 16.2 Å². The van der Waals surface area contributed by atoms with Crippen LogP contribution in [0, 0.1) is 13.8 Å². The number of nitrogens with two attached hydrogens (primary N) is 1. The first kappa shape index (κ1) is 14.0. The maximum absolute atomic E-state index is 6.11. The van der Waals surface area contributed by atoms with E-state index in [1.807, 2.05) is 11.3 Å². The van der Waals surface area contributed by atoms with Crippen molar-refractivity contribution in [3.8, 4) is 11.3 Å². The van der Waals surface area contributed by atoms with Crippen molar-refractivity contribution in [1.82, 2.24) is 9.38 Å². The second-order valence-electron chi connectivity index (χ2n) is 6.23. The van der Waals surface area contributed by atoms with E-state index in [-0.39, 0.29) is 0 Å². The second-order valence-corrected chi connectivity index (χ2v) is 7.29. The predicted molar refractivity (Wildman–Crippen MR) is 92.5 cm³/mol. The Balaban J connectivity index is 1.97. The molecule has 0 fully saturated rings. The van der Waals surface area contributed by atoms with Crippen molar-refractivity contribution < 1.29 is 0 Å². The molecule has 2 N–H and O–H groups in total. The van der Waals surface area contributed by atoms with E-state index in [0.29, 0.717) is 6.54 Å². The van der Waals surface area contributed by atoms with Crippen molar-refractivity contribution in [1.29, 1.82) is 0 Å². The predicted octanol–water partition coefficient (Wildman–Crippen LogP) is 4.02. The highest BCUT2D eigenvalue weighted by molar-refractivity contribution is 7.17. The van der Waals surface area contributed by atoms with E-state index in [2.05, 4.69) is 36.4 Å². The summed E-state index contributed by atoms with van der Waals surface area (Å²) in [5, 5.41) is 0. The highest BCUT2D eigenvalue weighted by atomic mass is 32.1. The summed E-state index contributed by atoms with van der Waals surface area (Å²) in [6, 6.07) is 6.56. The minimum absolute atomic E-state index is 0.535. The van der Waals surface area contributed by atoms with Crippen LogP contribution in [0.5, 0.6) is 0 Å². The minimum atomic E-state index is 0.535. The molecule has 1 aliphatic rings. The Morgan fingerprint density at radius 3 is 2.82 bits per heavy atom. The molecule has 0 aliphatic heterocycles. The van der Waals surface area contributed by atoms with Gasteiger partial charge in [-0.15, -0.1) is 11.3 Å². The Morgan fingerprint density at radius 2 is 2.05 bits per heavy atom. The van der Waals surface area contributed by atoms with E-state index in [4.69, 9.17) is 10.7 Å². The van der Waals surface area contributed by atoms with Crippen molar-refractivity contribution >= 4 is 16.3 Å². The summed E-state index contributed by atoms with van der Waals surface area (Å²) < 4.78 is 2.34. The molecule has 4 heteroatoms. The molecule has 0 atom stereocenters. The van der Waals surface area contributed by atoms with Gasteiger partial charge in [-0.3, -0.25) is 4.40 Å². The van der Waals surface area contributed by atoms with Gasteiger partial charge in [-0.2, -0.15) is 0 Å². The number of fused-ring (bicyclic) bond motifs is 3. The fraction of sp³-hybridized carbons (Fsp3) is 0.389. The van der Waals surface area contributed by atoms with Gasteiger partial charge in [0.1, 0.15) is 0 Å². The Kier molecular flexibility index (Phi) is 3.31. The molecular weight excluding hydrogens is 290 g/mol. The molecule has 3 aromatic rings. The molecule has 1 aliphatic carbocycles. The minimum Gasteiger partial charge on any atom is -0.325 e. The Bertz CT molecular complexity index is 857. The third kappa shape index (κ3) is 2.02. The summed E-state index contributed by atoms with van der Waals surface area (Å²) in [6.07, 6.45) is 4.94. The molecule has 114 valence electrons. The molecule has 0 saturated heterocycles. The molecule has 4 rings (SSSR count). The summed E-state index contributed by atoms with van der Waals surface area (Å²) in [6.45, 7) is 4.82. The highest BCUT2D eigenvalue weighted by Crippen LogP contribution is 2.35. The number of aryl methyl sites for hydroxylation is 4. The van der Waals surface area contributed by atoms with E-state index in [1.165, 1.54) is 52.2 Å². The third-order valence-electron chi connectivity index (χ3n) is 4.65. The molecule has 2 aromatic heterocycles. The van der Waals surface area contributed by atoms with Crippen LogP contribution >= 0.6 is 11.3 Å². The van der Waals surface area contributed by atoms with Crippen LogP contribution < -0.4 is 5.73 Å². The van der Waals surface area contributed by atoms with Crippen molar-refractivity contribution in [3.05, 3.63) is 45.6 Å². The first-order valence-electron chi connectivity index (χ1n) is 7.98. The zero-order chi connectivity index (χ0) is 15.3. The van der Waals surface area contributed by atoms with Gasteiger partial charge >= 0.3 is 0 Å². The fourth-order valence-corrected chi connectivity index (χ4v) is 4.81. The van der Waals surface area contributed by atoms with Gasteiger partial charge in [0.2, 0.25) is 0 Å². The summed E-state index contributed by atoms with van der Waals surface area (Å²) in [5.74, 6) is 0. The van der Waals surface area contributed by atoms with Gasteiger partial charge in [0.15, 0.2) is 4.96 Å². The molecule has 0 saturated carbocycles. The maximum Gasteiger partial charge on any atom is 0.194 e. The lowest BCUT2D eigenvalue weighted by Crippen LogP contribution is -2.08. The lowest BCUT2D eigenvalue weighted by molar-refractivity contribution is 0.670. The van der Waals surface area contributed by atoms with Crippen LogP contribution in [0.1, 0.15) is 40.2 Å². The van der Waals surface area contributed by atoms with Gasteiger partial charge in [0, 0.05) is 22.7 Å². The molecule has 2 heterocycles. The normalized spacial score (nSPS) is 14.5. The number of benzene rings is 1. The monoisotopic (exact) mass is 311 g/mol. The number of nitrogens with zero attached hydrogens (tertiary/aromatic N) is 2. The van der Waals surface area contributed by atoms with E-state index in [1.54, 1.807) is 0 Å². The summed E-state index contributed by atoms with van der Waals surface area (Å²) >= 11 is 1.85. The topological polar surface area (TPSA) is 43.3 Å². The molecule has 22 heavy (non-hydrogen) atoms. The number of thiazole rings is 1. The number of hydrogen-bond donors (Lipinski definition) is 1. The van der Waals surface area contributed by atoms with E-state index >= 15 is 0 Å². The third-order valence-corrected chi connectivity index (χ3v) is 5.79. The molecule has 1 aromatic carbocycles. The number of rotatable bonds is 2. The second kappa shape index (κ2) is 5.21. The summed E-state index contributed by atoms with van der Waals surface area (Å²) in [4.78, 5) is 7.57. The average Bonchev–Trinajstić information content (AvgIpc) is 3.02. The Labute approximate surface area is 134 Å². The van der Waals surface area contributed by atoms with E-state index in [0.717, 1.165) is 17.1 Å². The van der Waals surface area contributed by atoms with Crippen molar-refractivity contribution in [2.24, 2.45) is 5.73 Å². The molecule has 0 radical (unpaired) electrons. The largest absolute Gasteiger partial charge is 0.325 e. The maximum atomic E-state index is 6.11. The first-order valence-corrected chi connectivity index (χ1v) is 8.80. The Morgan fingerprint density at radius 1 is 1.23 bits per heavy atom. The first-order chi connectivity index (χ1) is 10.7. The van der Waals surface area contributed by atoms with Gasteiger partial charge in [0.25, 0.3) is 0 Å². The molecular formula is C18H21N3S. The van der Waals surface area contributed by atoms with E-state index in [9.17, 15) is 0 Å². The van der Waals surface area contributed by atoms with Crippen LogP contribution in [0.4, 0.5) is 0 Å². The van der Waals surface area contributed by atoms with Crippen LogP contribution in [0.15, 0.2) is 18.2 Å². The van der Waals surface area contributed by atoms with Crippen LogP contribution in [0.2, 0.25) is 0 Å². The number of hydrogen-bond acceptors (Lipinski definition) is 3. The Hall–Kier alpha value is -1.65. The smallest absolute Gasteiger partial charge is 0.194 e. The van der Waals surface area contributed by atoms with Gasteiger partial charge in [0.05, 0.1) is 11.4 Å². The van der Waals surface area contributed by atoms with Crippen LogP contribution in [-0.4, -0.2) is 9.38 Å². The van der Waals surface area contributed by atoms with Crippen LogP contribution in [0.3, 0.4) is 0 Å². The SMILES string of the molecule is Cc1ccc(-c2nc3sc4c(n3c2CN)CCCC4)c(C)c1. The van der Waals surface area contributed by atoms with Crippen molar-refractivity contribution in [3.63, 3.8) is 0 Å². The standard InChI is InChI=1S/C18H21N3S/c1-11-7-8-13(12(2)9-11)17-15(10-19)21-14-5-3-4-6-16(14)22-18(21)20-17/h7-9H,3-6,10,19H2,1-2H3. The fourth-order valence-electron chi connectivity index (χ4n) is 3.58. The lowest BCUT2D eigenvalue weighted by atomic mass is 10.0. The van der Waals surface area contributed by atoms with Gasteiger partial charge in [-0.05, 0) is 45.1 Å². The molecule has 3 nitrogen and oxygen atoms in total. The van der Waals surface area contributed by atoms with Gasteiger partial charge in [-0.25, -0.2) is 4.98 Å². The lowest BCUT2D eigenvalue weighted by Gasteiger charge is -2.12. The van der Waals surface area contributed by atoms with Gasteiger partial charge < -0.3 is 5.73 Å². The number of aromatic nitrogens is 2. The zero-order valence-corrected chi connectivity index (χ0v) is 14.0. The van der Waals surface area contributed by atoms with Gasteiger partial charge in [-0.1, -0.05) is 23.8 Å². The van der Waals surface area contributed by atoms with E-state index < -0.39 is 0 Å². The van der Waals surface area contributed by atoms with Crippen molar-refractivity contribution in [2.75, 3.05) is 0 Å². The quantitative estimate of drug-likeness (QED) is 0.777. The average molecular weight is 311 g/mol. The summed E-state index contributed by atoms with van der Waals surface area (Å²) in [5.41, 5.74) is 13.6. The number of imidazole rings is 1. The molecule has 0 amide bonds. The highest BCUT2D eigenvalue weighted by Gasteiger charge is 2.22. The molecule has 0 unspecified atom stereocenters. The van der Waals surface area contributed by atoms with Crippen LogP contribution in [-0.2, 0) is 19.4 Å². The van der Waals surface area contributed by atoms with Crippen molar-refractivity contribution in [2.45, 2.75) is 46.1 Å². The molecule has 0 bridgehead atoms. The summed E-state index contributed by atoms with van der Waals surface area (Å²) in [7, 11) is 0.